The minimum Gasteiger partial charge on any atom is -0.324 e. The third-order valence-corrected chi connectivity index (χ3v) is 3.58. The van der Waals surface area contributed by atoms with Crippen LogP contribution in [0.15, 0.2) is 24.3 Å². The minimum absolute atomic E-state index is 0.255. The maximum atomic E-state index is 6.34. The van der Waals surface area contributed by atoms with Crippen LogP contribution < -0.4 is 5.73 Å². The summed E-state index contributed by atoms with van der Waals surface area (Å²) in [6, 6.07) is 8.92. The summed E-state index contributed by atoms with van der Waals surface area (Å²) < 4.78 is 0. The summed E-state index contributed by atoms with van der Waals surface area (Å²) in [6.07, 6.45) is 6.76. The highest BCUT2D eigenvalue weighted by molar-refractivity contribution is 5.25. The Kier molecular flexibility index (Phi) is 3.42. The zero-order valence-electron chi connectivity index (χ0n) is 9.58. The van der Waals surface area contributed by atoms with Gasteiger partial charge >= 0.3 is 0 Å². The van der Waals surface area contributed by atoms with Crippen molar-refractivity contribution >= 4 is 0 Å². The maximum Gasteiger partial charge on any atom is 0.0323 e. The van der Waals surface area contributed by atoms with Gasteiger partial charge in [-0.3, -0.25) is 0 Å². The highest BCUT2D eigenvalue weighted by atomic mass is 14.7. The largest absolute Gasteiger partial charge is 0.324 e. The lowest BCUT2D eigenvalue weighted by Gasteiger charge is -2.27. The molecule has 2 rings (SSSR count). The fourth-order valence-corrected chi connectivity index (χ4v) is 2.64. The molecule has 0 heterocycles. The molecule has 82 valence electrons. The van der Waals surface area contributed by atoms with Crippen LogP contribution in [0.1, 0.15) is 49.3 Å². The van der Waals surface area contributed by atoms with Gasteiger partial charge in [0.1, 0.15) is 0 Å². The molecular formula is C14H21N. The molecule has 1 aromatic carbocycles. The maximum absolute atomic E-state index is 6.34. The van der Waals surface area contributed by atoms with Crippen LogP contribution in [0.2, 0.25) is 0 Å². The highest BCUT2D eigenvalue weighted by Gasteiger charge is 2.21. The van der Waals surface area contributed by atoms with E-state index >= 15 is 0 Å². The van der Waals surface area contributed by atoms with Crippen molar-refractivity contribution in [3.8, 4) is 0 Å². The van der Waals surface area contributed by atoms with E-state index in [0.29, 0.717) is 5.92 Å². The second-order valence-electron chi connectivity index (χ2n) is 4.84. The van der Waals surface area contributed by atoms with Crippen molar-refractivity contribution < 1.29 is 0 Å². The number of aryl methyl sites for hydroxylation is 1. The lowest BCUT2D eigenvalue weighted by atomic mass is 9.81. The Labute approximate surface area is 92.7 Å². The van der Waals surface area contributed by atoms with Crippen LogP contribution in [0.25, 0.3) is 0 Å². The topological polar surface area (TPSA) is 26.0 Å². The molecule has 0 amide bonds. The third kappa shape index (κ3) is 2.60. The van der Waals surface area contributed by atoms with Gasteiger partial charge in [-0.2, -0.15) is 0 Å². The Balaban J connectivity index is 2.08. The summed E-state index contributed by atoms with van der Waals surface area (Å²) >= 11 is 0. The molecule has 0 bridgehead atoms. The van der Waals surface area contributed by atoms with Gasteiger partial charge in [-0.25, -0.2) is 0 Å². The molecule has 1 heteroatoms. The molecule has 0 unspecified atom stereocenters. The fourth-order valence-electron chi connectivity index (χ4n) is 2.64. The van der Waals surface area contributed by atoms with Crippen molar-refractivity contribution in [2.24, 2.45) is 11.7 Å². The molecule has 1 aromatic rings. The monoisotopic (exact) mass is 203 g/mol. The molecule has 1 atom stereocenters. The molecule has 1 aliphatic carbocycles. The van der Waals surface area contributed by atoms with E-state index in [-0.39, 0.29) is 6.04 Å². The molecule has 15 heavy (non-hydrogen) atoms. The summed E-state index contributed by atoms with van der Waals surface area (Å²) in [5, 5.41) is 0. The van der Waals surface area contributed by atoms with Crippen LogP contribution >= 0.6 is 0 Å². The predicted octanol–water partition coefficient (Wildman–Crippen LogP) is 3.58. The van der Waals surface area contributed by atoms with E-state index in [2.05, 4.69) is 31.2 Å². The fraction of sp³-hybridized carbons (Fsp3) is 0.571. The van der Waals surface area contributed by atoms with Gasteiger partial charge in [-0.1, -0.05) is 49.1 Å². The van der Waals surface area contributed by atoms with E-state index in [1.165, 1.54) is 43.2 Å². The average molecular weight is 203 g/mol. The van der Waals surface area contributed by atoms with Crippen molar-refractivity contribution in [3.63, 3.8) is 0 Å². The average Bonchev–Trinajstić information content (AvgIpc) is 2.29. The number of hydrogen-bond acceptors (Lipinski definition) is 1. The Hall–Kier alpha value is -0.820. The molecule has 0 saturated heterocycles. The molecular weight excluding hydrogens is 182 g/mol. The molecule has 1 saturated carbocycles. The summed E-state index contributed by atoms with van der Waals surface area (Å²) in [4.78, 5) is 0. The first-order valence-electron chi connectivity index (χ1n) is 6.09. The molecule has 0 aromatic heterocycles. The van der Waals surface area contributed by atoms with Gasteiger partial charge in [0.05, 0.1) is 0 Å². The molecule has 1 aliphatic rings. The Bertz CT molecular complexity index is 313. The summed E-state index contributed by atoms with van der Waals surface area (Å²) in [7, 11) is 0. The van der Waals surface area contributed by atoms with E-state index in [0.717, 1.165) is 0 Å². The quantitative estimate of drug-likeness (QED) is 0.781. The van der Waals surface area contributed by atoms with Crippen molar-refractivity contribution in [3.05, 3.63) is 35.4 Å². The van der Waals surface area contributed by atoms with Crippen LogP contribution in [0, 0.1) is 12.8 Å². The van der Waals surface area contributed by atoms with Crippen LogP contribution in [-0.4, -0.2) is 0 Å². The number of nitrogens with two attached hydrogens (primary N) is 1. The van der Waals surface area contributed by atoms with Gasteiger partial charge in [-0.05, 0) is 31.2 Å². The lowest BCUT2D eigenvalue weighted by molar-refractivity contribution is 0.308. The summed E-state index contributed by atoms with van der Waals surface area (Å²) in [6.45, 7) is 2.14. The summed E-state index contributed by atoms with van der Waals surface area (Å²) in [5.74, 6) is 0.709. The molecule has 1 nitrogen and oxygen atoms in total. The van der Waals surface area contributed by atoms with Crippen molar-refractivity contribution in [2.45, 2.75) is 45.1 Å². The lowest BCUT2D eigenvalue weighted by Crippen LogP contribution is -2.23. The van der Waals surface area contributed by atoms with Crippen molar-refractivity contribution in [1.29, 1.82) is 0 Å². The summed E-state index contributed by atoms with van der Waals surface area (Å²) in [5.41, 5.74) is 8.98. The molecule has 0 aliphatic heterocycles. The number of benzene rings is 1. The van der Waals surface area contributed by atoms with E-state index in [1.54, 1.807) is 0 Å². The van der Waals surface area contributed by atoms with E-state index in [1.807, 2.05) is 0 Å². The third-order valence-electron chi connectivity index (χ3n) is 3.58. The molecule has 2 N–H and O–H groups in total. The standard InChI is InChI=1S/C14H21N/c1-11-6-5-9-13(10-11)14(15)12-7-3-2-4-8-12/h5-6,9-10,12,14H,2-4,7-8,15H2,1H3/t14-/m0/s1. The minimum atomic E-state index is 0.255. The van der Waals surface area contributed by atoms with E-state index in [4.69, 9.17) is 5.73 Å². The normalized spacial score (nSPS) is 20.1. The highest BCUT2D eigenvalue weighted by Crippen LogP contribution is 2.32. The zero-order chi connectivity index (χ0) is 10.7. The van der Waals surface area contributed by atoms with Gasteiger partial charge in [0, 0.05) is 6.04 Å². The first-order valence-corrected chi connectivity index (χ1v) is 6.09. The van der Waals surface area contributed by atoms with Gasteiger partial charge in [-0.15, -0.1) is 0 Å². The Morgan fingerprint density at radius 2 is 1.93 bits per heavy atom. The Morgan fingerprint density at radius 3 is 2.60 bits per heavy atom. The molecule has 1 fully saturated rings. The van der Waals surface area contributed by atoms with Crippen molar-refractivity contribution in [1.82, 2.24) is 0 Å². The van der Waals surface area contributed by atoms with Crippen LogP contribution in [0.4, 0.5) is 0 Å². The SMILES string of the molecule is Cc1cccc([C@@H](N)C2CCCCC2)c1. The number of rotatable bonds is 2. The molecule has 0 spiro atoms. The van der Waals surface area contributed by atoms with Gasteiger partial charge < -0.3 is 5.73 Å². The van der Waals surface area contributed by atoms with E-state index in [9.17, 15) is 0 Å². The second kappa shape index (κ2) is 4.80. The molecule has 0 radical (unpaired) electrons. The second-order valence-corrected chi connectivity index (χ2v) is 4.84. The van der Waals surface area contributed by atoms with Crippen LogP contribution in [-0.2, 0) is 0 Å². The smallest absolute Gasteiger partial charge is 0.0323 e. The predicted molar refractivity (Wildman–Crippen MR) is 64.7 cm³/mol. The van der Waals surface area contributed by atoms with Crippen LogP contribution in [0.3, 0.4) is 0 Å². The Morgan fingerprint density at radius 1 is 1.20 bits per heavy atom. The van der Waals surface area contributed by atoms with Crippen LogP contribution in [0.5, 0.6) is 0 Å². The first kappa shape index (κ1) is 10.7. The number of hydrogen-bond donors (Lipinski definition) is 1. The van der Waals surface area contributed by atoms with Gasteiger partial charge in [0.2, 0.25) is 0 Å². The van der Waals surface area contributed by atoms with Crippen molar-refractivity contribution in [2.75, 3.05) is 0 Å². The van der Waals surface area contributed by atoms with E-state index < -0.39 is 0 Å². The first-order chi connectivity index (χ1) is 7.27. The van der Waals surface area contributed by atoms with Gasteiger partial charge in [0.25, 0.3) is 0 Å². The van der Waals surface area contributed by atoms with Gasteiger partial charge in [0.15, 0.2) is 0 Å². The zero-order valence-corrected chi connectivity index (χ0v) is 9.58.